The molecule has 0 spiro atoms. The third kappa shape index (κ3) is 0.908. The first-order chi connectivity index (χ1) is 5.40. The van der Waals surface area contributed by atoms with Crippen LogP contribution in [0.4, 0.5) is 5.69 Å². The maximum Gasteiger partial charge on any atom is 0.155 e. The molecule has 0 fully saturated rings. The molecule has 0 radical (unpaired) electrons. The van der Waals surface area contributed by atoms with E-state index in [1.54, 1.807) is 23.1 Å². The summed E-state index contributed by atoms with van der Waals surface area (Å²) >= 11 is 0. The highest BCUT2D eigenvalue weighted by Gasteiger charge is 1.94. The number of nitrogens with zero attached hydrogens (tertiary/aromatic N) is 3. The van der Waals surface area contributed by atoms with Crippen LogP contribution in [0.25, 0.3) is 5.65 Å². The van der Waals surface area contributed by atoms with E-state index in [0.717, 1.165) is 11.3 Å². The number of anilines is 1. The minimum Gasteiger partial charge on any atom is -0.321 e. The summed E-state index contributed by atoms with van der Waals surface area (Å²) in [6.45, 7) is 0. The average Bonchev–Trinajstić information content (AvgIpc) is 2.50. The minimum atomic E-state index is 0.737. The van der Waals surface area contributed by atoms with E-state index in [1.807, 2.05) is 6.07 Å². The van der Waals surface area contributed by atoms with Crippen LogP contribution in [-0.4, -0.2) is 14.6 Å². The molecule has 2 aromatic heterocycles. The number of hydrogen-bond acceptors (Lipinski definition) is 4. The lowest BCUT2D eigenvalue weighted by Crippen LogP contribution is -2.08. The third-order valence-electron chi connectivity index (χ3n) is 1.41. The highest BCUT2D eigenvalue weighted by Crippen LogP contribution is 2.03. The van der Waals surface area contributed by atoms with Crippen LogP contribution < -0.4 is 11.3 Å². The van der Waals surface area contributed by atoms with E-state index in [2.05, 4.69) is 15.5 Å². The molecule has 2 heterocycles. The Morgan fingerprint density at radius 3 is 3.27 bits per heavy atom. The van der Waals surface area contributed by atoms with Gasteiger partial charge in [0.1, 0.15) is 0 Å². The van der Waals surface area contributed by atoms with Gasteiger partial charge in [-0.15, -0.1) is 0 Å². The maximum absolute atomic E-state index is 5.18. The van der Waals surface area contributed by atoms with Crippen LogP contribution in [0.3, 0.4) is 0 Å². The molecule has 0 bridgehead atoms. The largest absolute Gasteiger partial charge is 0.321 e. The summed E-state index contributed by atoms with van der Waals surface area (Å²) < 4.78 is 1.65. The standard InChI is InChI=1S/C6H7N5/c7-10-5-3-8-6-1-2-9-11(6)4-5/h1-4,10H,7H2. The molecule has 3 N–H and O–H groups in total. The fourth-order valence-electron chi connectivity index (χ4n) is 0.884. The van der Waals surface area contributed by atoms with Crippen LogP contribution in [0.2, 0.25) is 0 Å². The van der Waals surface area contributed by atoms with Crippen molar-refractivity contribution < 1.29 is 0 Å². The lowest BCUT2D eigenvalue weighted by Gasteiger charge is -1.97. The summed E-state index contributed by atoms with van der Waals surface area (Å²) in [6.07, 6.45) is 5.10. The molecular weight excluding hydrogens is 142 g/mol. The Kier molecular flexibility index (Phi) is 1.23. The second-order valence-electron chi connectivity index (χ2n) is 2.12. The van der Waals surface area contributed by atoms with Gasteiger partial charge in [0.25, 0.3) is 0 Å². The molecule has 0 saturated heterocycles. The Labute approximate surface area is 62.8 Å². The van der Waals surface area contributed by atoms with Crippen molar-refractivity contribution in [3.05, 3.63) is 24.7 Å². The van der Waals surface area contributed by atoms with E-state index >= 15 is 0 Å². The SMILES string of the molecule is NNc1cnc2ccnn2c1. The van der Waals surface area contributed by atoms with Gasteiger partial charge < -0.3 is 5.43 Å². The molecule has 0 aliphatic heterocycles. The lowest BCUT2D eigenvalue weighted by atomic mass is 10.5. The van der Waals surface area contributed by atoms with Gasteiger partial charge in [-0.05, 0) is 0 Å². The molecule has 5 nitrogen and oxygen atoms in total. The van der Waals surface area contributed by atoms with Crippen LogP contribution in [0, 0.1) is 0 Å². The smallest absolute Gasteiger partial charge is 0.155 e. The van der Waals surface area contributed by atoms with Crippen molar-refractivity contribution >= 4 is 11.3 Å². The van der Waals surface area contributed by atoms with Gasteiger partial charge in [-0.3, -0.25) is 5.84 Å². The molecule has 0 saturated carbocycles. The van der Waals surface area contributed by atoms with Crippen molar-refractivity contribution in [1.29, 1.82) is 0 Å². The zero-order valence-electron chi connectivity index (χ0n) is 5.73. The quantitative estimate of drug-likeness (QED) is 0.443. The van der Waals surface area contributed by atoms with E-state index in [1.165, 1.54) is 0 Å². The second-order valence-corrected chi connectivity index (χ2v) is 2.12. The van der Waals surface area contributed by atoms with E-state index in [0.29, 0.717) is 0 Å². The normalized spacial score (nSPS) is 10.3. The molecule has 0 aliphatic carbocycles. The second kappa shape index (κ2) is 2.21. The number of fused-ring (bicyclic) bond motifs is 1. The Morgan fingerprint density at radius 2 is 2.45 bits per heavy atom. The zero-order valence-corrected chi connectivity index (χ0v) is 5.73. The fraction of sp³-hybridized carbons (Fsp3) is 0. The highest BCUT2D eigenvalue weighted by atomic mass is 15.3. The number of hydrazine groups is 1. The van der Waals surface area contributed by atoms with Gasteiger partial charge in [-0.2, -0.15) is 5.10 Å². The van der Waals surface area contributed by atoms with Crippen LogP contribution in [0.1, 0.15) is 0 Å². The topological polar surface area (TPSA) is 68.2 Å². The fourth-order valence-corrected chi connectivity index (χ4v) is 0.884. The monoisotopic (exact) mass is 149 g/mol. The Balaban J connectivity index is 2.67. The van der Waals surface area contributed by atoms with Gasteiger partial charge in [0, 0.05) is 6.07 Å². The lowest BCUT2D eigenvalue weighted by molar-refractivity contribution is 0.938. The summed E-state index contributed by atoms with van der Waals surface area (Å²) in [5.74, 6) is 5.18. The van der Waals surface area contributed by atoms with Crippen LogP contribution >= 0.6 is 0 Å². The molecular formula is C6H7N5. The van der Waals surface area contributed by atoms with Gasteiger partial charge in [-0.25, -0.2) is 9.50 Å². The van der Waals surface area contributed by atoms with Crippen molar-refractivity contribution in [2.75, 3.05) is 5.43 Å². The van der Waals surface area contributed by atoms with E-state index in [4.69, 9.17) is 5.84 Å². The summed E-state index contributed by atoms with van der Waals surface area (Å²) in [5.41, 5.74) is 4.03. The Bertz CT molecular complexity index is 366. The molecule has 2 rings (SSSR count). The van der Waals surface area contributed by atoms with Crippen LogP contribution in [-0.2, 0) is 0 Å². The molecule has 0 atom stereocenters. The Morgan fingerprint density at radius 1 is 1.55 bits per heavy atom. The molecule has 0 unspecified atom stereocenters. The first-order valence-corrected chi connectivity index (χ1v) is 3.16. The first kappa shape index (κ1) is 6.11. The van der Waals surface area contributed by atoms with Gasteiger partial charge in [-0.1, -0.05) is 0 Å². The van der Waals surface area contributed by atoms with Crippen molar-refractivity contribution in [2.24, 2.45) is 5.84 Å². The van der Waals surface area contributed by atoms with Crippen molar-refractivity contribution in [3.63, 3.8) is 0 Å². The number of rotatable bonds is 1. The molecule has 5 heteroatoms. The van der Waals surface area contributed by atoms with Gasteiger partial charge >= 0.3 is 0 Å². The van der Waals surface area contributed by atoms with Gasteiger partial charge in [0.05, 0.1) is 24.3 Å². The highest BCUT2D eigenvalue weighted by molar-refractivity contribution is 5.44. The van der Waals surface area contributed by atoms with Crippen molar-refractivity contribution in [1.82, 2.24) is 14.6 Å². The van der Waals surface area contributed by atoms with Gasteiger partial charge in [0.2, 0.25) is 0 Å². The molecule has 56 valence electrons. The van der Waals surface area contributed by atoms with Crippen LogP contribution in [0.5, 0.6) is 0 Å². The average molecular weight is 149 g/mol. The number of aromatic nitrogens is 3. The summed E-state index contributed by atoms with van der Waals surface area (Å²) in [5, 5.41) is 3.99. The molecule has 0 amide bonds. The first-order valence-electron chi connectivity index (χ1n) is 3.16. The molecule has 11 heavy (non-hydrogen) atoms. The summed E-state index contributed by atoms with van der Waals surface area (Å²) in [6, 6.07) is 1.82. The van der Waals surface area contributed by atoms with Gasteiger partial charge in [0.15, 0.2) is 5.65 Å². The summed E-state index contributed by atoms with van der Waals surface area (Å²) in [7, 11) is 0. The maximum atomic E-state index is 5.18. The van der Waals surface area contributed by atoms with Crippen molar-refractivity contribution in [2.45, 2.75) is 0 Å². The molecule has 2 aromatic rings. The predicted molar refractivity (Wildman–Crippen MR) is 40.8 cm³/mol. The minimum absolute atomic E-state index is 0.737. The number of nitrogen functional groups attached to an aromatic ring is 1. The number of hydrogen-bond donors (Lipinski definition) is 2. The molecule has 0 aliphatic rings. The molecule has 0 aromatic carbocycles. The number of nitrogens with two attached hydrogens (primary N) is 1. The predicted octanol–water partition coefficient (Wildman–Crippen LogP) is 0.0149. The Hall–Kier alpha value is -1.62. The van der Waals surface area contributed by atoms with E-state index < -0.39 is 0 Å². The number of nitrogens with one attached hydrogen (secondary N) is 1. The van der Waals surface area contributed by atoms with E-state index in [-0.39, 0.29) is 0 Å². The van der Waals surface area contributed by atoms with E-state index in [9.17, 15) is 0 Å². The third-order valence-corrected chi connectivity index (χ3v) is 1.41. The van der Waals surface area contributed by atoms with Crippen molar-refractivity contribution in [3.8, 4) is 0 Å². The van der Waals surface area contributed by atoms with Crippen LogP contribution in [0.15, 0.2) is 24.7 Å². The zero-order chi connectivity index (χ0) is 7.68. The summed E-state index contributed by atoms with van der Waals surface area (Å²) in [4.78, 5) is 4.07.